The van der Waals surface area contributed by atoms with Crippen molar-refractivity contribution in [3.05, 3.63) is 12.2 Å². The number of hydrogen-bond acceptors (Lipinski definition) is 3. The predicted molar refractivity (Wildman–Crippen MR) is 44.8 cm³/mol. The lowest BCUT2D eigenvalue weighted by Crippen LogP contribution is -1.96. The van der Waals surface area contributed by atoms with Gasteiger partial charge in [-0.05, 0) is 6.92 Å². The number of rotatable bonds is 2. The van der Waals surface area contributed by atoms with Gasteiger partial charge in [-0.15, -0.1) is 0 Å². The first-order valence-electron chi connectivity index (χ1n) is 3.44. The number of aliphatic carboxylic acids is 1. The van der Waals surface area contributed by atoms with Crippen LogP contribution in [0.5, 0.6) is 0 Å². The molecule has 0 aromatic heterocycles. The Hall–Kier alpha value is -1.32. The molecule has 0 bridgehead atoms. The molecule has 12 heavy (non-hydrogen) atoms. The number of hydrogen-bond donors (Lipinski definition) is 1. The van der Waals surface area contributed by atoms with Crippen LogP contribution < -0.4 is 0 Å². The van der Waals surface area contributed by atoms with E-state index in [4.69, 9.17) is 9.90 Å². The molecule has 0 amide bonds. The molecular weight excluding hydrogens is 160 g/mol. The first kappa shape index (κ1) is 13.3. The number of carboxylic acids is 1. The highest BCUT2D eigenvalue weighted by molar-refractivity contribution is 5.65. The molecule has 0 unspecified atom stereocenters. The van der Waals surface area contributed by atoms with Crippen molar-refractivity contribution in [3.63, 3.8) is 0 Å². The SMILES string of the molecule is CC(=O)O.CC=CCOC(C)=O. The van der Waals surface area contributed by atoms with Gasteiger partial charge in [0.05, 0.1) is 0 Å². The molecule has 0 heterocycles. The van der Waals surface area contributed by atoms with Crippen molar-refractivity contribution in [2.24, 2.45) is 0 Å². The topological polar surface area (TPSA) is 63.6 Å². The molecule has 4 nitrogen and oxygen atoms in total. The fraction of sp³-hybridized carbons (Fsp3) is 0.500. The molecule has 0 radical (unpaired) electrons. The summed E-state index contributed by atoms with van der Waals surface area (Å²) in [4.78, 5) is 19.1. The van der Waals surface area contributed by atoms with Gasteiger partial charge >= 0.3 is 5.97 Å². The van der Waals surface area contributed by atoms with Crippen molar-refractivity contribution in [3.8, 4) is 0 Å². The van der Waals surface area contributed by atoms with Crippen molar-refractivity contribution >= 4 is 11.9 Å². The molecule has 0 saturated carbocycles. The van der Waals surface area contributed by atoms with Crippen LogP contribution in [0, 0.1) is 0 Å². The van der Waals surface area contributed by atoms with Crippen LogP contribution >= 0.6 is 0 Å². The number of carboxylic acid groups (broad SMARTS) is 1. The average Bonchev–Trinajstić information content (AvgIpc) is 1.86. The molecule has 0 aliphatic heterocycles. The Labute approximate surface area is 71.8 Å². The average molecular weight is 174 g/mol. The van der Waals surface area contributed by atoms with Crippen molar-refractivity contribution < 1.29 is 19.4 Å². The van der Waals surface area contributed by atoms with Crippen molar-refractivity contribution in [1.29, 1.82) is 0 Å². The Morgan fingerprint density at radius 2 is 1.83 bits per heavy atom. The molecule has 0 fully saturated rings. The third-order valence-corrected chi connectivity index (χ3v) is 0.619. The van der Waals surface area contributed by atoms with E-state index < -0.39 is 5.97 Å². The highest BCUT2D eigenvalue weighted by Gasteiger charge is 1.84. The van der Waals surface area contributed by atoms with Crippen LogP contribution in [0.1, 0.15) is 20.8 Å². The standard InChI is InChI=1S/C6H10O2.C2H4O2/c1-3-4-5-8-6(2)7;1-2(3)4/h3-4H,5H2,1-2H3;1H3,(H,3,4). The molecule has 0 spiro atoms. The normalized spacial score (nSPS) is 8.58. The van der Waals surface area contributed by atoms with Gasteiger partial charge in [-0.2, -0.15) is 0 Å². The summed E-state index contributed by atoms with van der Waals surface area (Å²) >= 11 is 0. The van der Waals surface area contributed by atoms with E-state index in [0.29, 0.717) is 6.61 Å². The lowest BCUT2D eigenvalue weighted by Gasteiger charge is -1.91. The largest absolute Gasteiger partial charge is 0.481 e. The first-order chi connectivity index (χ1) is 5.50. The summed E-state index contributed by atoms with van der Waals surface area (Å²) in [6.45, 7) is 4.75. The lowest BCUT2D eigenvalue weighted by molar-refractivity contribution is -0.139. The zero-order valence-corrected chi connectivity index (χ0v) is 7.53. The van der Waals surface area contributed by atoms with Gasteiger partial charge in [0.25, 0.3) is 5.97 Å². The van der Waals surface area contributed by atoms with E-state index in [0.717, 1.165) is 6.92 Å². The number of allylic oxidation sites excluding steroid dienone is 1. The van der Waals surface area contributed by atoms with Crippen LogP contribution in [-0.2, 0) is 14.3 Å². The number of carbonyl (C=O) groups is 2. The number of carbonyl (C=O) groups excluding carboxylic acids is 1. The van der Waals surface area contributed by atoms with Gasteiger partial charge in [-0.1, -0.05) is 12.2 Å². The maximum atomic E-state index is 10.1. The van der Waals surface area contributed by atoms with Gasteiger partial charge in [0.15, 0.2) is 0 Å². The van der Waals surface area contributed by atoms with Crippen molar-refractivity contribution in [1.82, 2.24) is 0 Å². The zero-order valence-electron chi connectivity index (χ0n) is 7.53. The minimum Gasteiger partial charge on any atom is -0.481 e. The highest BCUT2D eigenvalue weighted by Crippen LogP contribution is 1.76. The molecule has 70 valence electrons. The summed E-state index contributed by atoms with van der Waals surface area (Å²) in [5.74, 6) is -1.07. The zero-order chi connectivity index (χ0) is 9.98. The molecular formula is C8H14O4. The summed E-state index contributed by atoms with van der Waals surface area (Å²) in [7, 11) is 0. The van der Waals surface area contributed by atoms with Crippen LogP contribution in [0.4, 0.5) is 0 Å². The summed E-state index contributed by atoms with van der Waals surface area (Å²) in [6.07, 6.45) is 3.62. The van der Waals surface area contributed by atoms with Crippen molar-refractivity contribution in [2.75, 3.05) is 6.61 Å². The Balaban J connectivity index is 0. The van der Waals surface area contributed by atoms with E-state index in [9.17, 15) is 4.79 Å². The van der Waals surface area contributed by atoms with Gasteiger partial charge in [0.2, 0.25) is 0 Å². The molecule has 0 aromatic rings. The molecule has 0 aliphatic rings. The number of esters is 1. The van der Waals surface area contributed by atoms with E-state index in [1.54, 1.807) is 6.08 Å². The minimum absolute atomic E-state index is 0.233. The van der Waals surface area contributed by atoms with E-state index in [1.807, 2.05) is 13.0 Å². The fourth-order valence-corrected chi connectivity index (χ4v) is 0.262. The molecule has 4 heteroatoms. The van der Waals surface area contributed by atoms with Gasteiger partial charge in [-0.3, -0.25) is 9.59 Å². The van der Waals surface area contributed by atoms with Crippen LogP contribution in [0.2, 0.25) is 0 Å². The third kappa shape index (κ3) is 37.8. The van der Waals surface area contributed by atoms with E-state index in [2.05, 4.69) is 4.74 Å². The van der Waals surface area contributed by atoms with Crippen LogP contribution in [0.3, 0.4) is 0 Å². The fourth-order valence-electron chi connectivity index (χ4n) is 0.262. The van der Waals surface area contributed by atoms with Gasteiger partial charge in [-0.25, -0.2) is 0 Å². The maximum Gasteiger partial charge on any atom is 0.302 e. The Kier molecular flexibility index (Phi) is 10.7. The molecule has 0 saturated heterocycles. The maximum absolute atomic E-state index is 10.1. The van der Waals surface area contributed by atoms with Crippen molar-refractivity contribution in [2.45, 2.75) is 20.8 Å². The second-order valence-electron chi connectivity index (χ2n) is 1.89. The Morgan fingerprint density at radius 1 is 1.42 bits per heavy atom. The predicted octanol–water partition coefficient (Wildman–Crippen LogP) is 1.22. The van der Waals surface area contributed by atoms with E-state index in [-0.39, 0.29) is 5.97 Å². The second-order valence-corrected chi connectivity index (χ2v) is 1.89. The minimum atomic E-state index is -0.833. The summed E-state index contributed by atoms with van der Waals surface area (Å²) in [5, 5.41) is 7.42. The molecule has 0 atom stereocenters. The van der Waals surface area contributed by atoms with Crippen LogP contribution in [-0.4, -0.2) is 23.7 Å². The summed E-state index contributed by atoms with van der Waals surface area (Å²) < 4.78 is 4.56. The summed E-state index contributed by atoms with van der Waals surface area (Å²) in [6, 6.07) is 0. The highest BCUT2D eigenvalue weighted by atomic mass is 16.5. The Bertz CT molecular complexity index is 156. The lowest BCUT2D eigenvalue weighted by atomic mass is 10.5. The van der Waals surface area contributed by atoms with Gasteiger partial charge in [0.1, 0.15) is 6.61 Å². The van der Waals surface area contributed by atoms with Gasteiger partial charge < -0.3 is 9.84 Å². The molecule has 0 rings (SSSR count). The van der Waals surface area contributed by atoms with E-state index in [1.165, 1.54) is 6.92 Å². The second kappa shape index (κ2) is 9.68. The van der Waals surface area contributed by atoms with E-state index >= 15 is 0 Å². The monoisotopic (exact) mass is 174 g/mol. The number of ether oxygens (including phenoxy) is 1. The molecule has 0 aliphatic carbocycles. The molecule has 0 aromatic carbocycles. The third-order valence-electron chi connectivity index (χ3n) is 0.619. The van der Waals surface area contributed by atoms with Gasteiger partial charge in [0, 0.05) is 13.8 Å². The smallest absolute Gasteiger partial charge is 0.302 e. The quantitative estimate of drug-likeness (QED) is 0.505. The van der Waals surface area contributed by atoms with Crippen LogP contribution in [0.15, 0.2) is 12.2 Å². The summed E-state index contributed by atoms with van der Waals surface area (Å²) in [5.41, 5.74) is 0. The Morgan fingerprint density at radius 3 is 2.08 bits per heavy atom. The first-order valence-corrected chi connectivity index (χ1v) is 3.44. The molecule has 1 N–H and O–H groups in total. The van der Waals surface area contributed by atoms with Crippen LogP contribution in [0.25, 0.3) is 0 Å².